The third-order valence-electron chi connectivity index (χ3n) is 3.41. The summed E-state index contributed by atoms with van der Waals surface area (Å²) >= 11 is 0. The number of hydrogen-bond donors (Lipinski definition) is 1. The Morgan fingerprint density at radius 2 is 2.00 bits per heavy atom. The fraction of sp³-hybridized carbons (Fsp3) is 0.562. The van der Waals surface area contributed by atoms with Crippen molar-refractivity contribution in [2.24, 2.45) is 0 Å². The first-order chi connectivity index (χ1) is 10.5. The first-order valence-corrected chi connectivity index (χ1v) is 7.59. The second kappa shape index (κ2) is 9.35. The van der Waals surface area contributed by atoms with E-state index in [2.05, 4.69) is 24.1 Å². The molecule has 0 aromatic heterocycles. The molecule has 4 nitrogen and oxygen atoms in total. The zero-order valence-electron chi connectivity index (χ0n) is 13.4. The van der Waals surface area contributed by atoms with Gasteiger partial charge in [-0.05, 0) is 45.1 Å². The maximum absolute atomic E-state index is 13.4. The number of halogens is 2. The molecule has 0 radical (unpaired) electrons. The molecule has 0 bridgehead atoms. The minimum Gasteiger partial charge on any atom is -0.478 e. The van der Waals surface area contributed by atoms with Gasteiger partial charge in [0.05, 0.1) is 0 Å². The van der Waals surface area contributed by atoms with Gasteiger partial charge in [0.1, 0.15) is 5.82 Å². The second-order valence-electron chi connectivity index (χ2n) is 5.01. The number of ether oxygens (including phenoxy) is 1. The molecule has 0 aliphatic heterocycles. The van der Waals surface area contributed by atoms with E-state index in [9.17, 15) is 13.6 Å². The van der Waals surface area contributed by atoms with E-state index in [0.29, 0.717) is 6.54 Å². The Labute approximate surface area is 130 Å². The van der Waals surface area contributed by atoms with Gasteiger partial charge in [0.25, 0.3) is 5.91 Å². The average Bonchev–Trinajstić information content (AvgIpc) is 2.50. The minimum absolute atomic E-state index is 0.132. The summed E-state index contributed by atoms with van der Waals surface area (Å²) in [5, 5.41) is 2.75. The number of rotatable bonds is 9. The van der Waals surface area contributed by atoms with Crippen molar-refractivity contribution in [2.75, 3.05) is 26.2 Å². The normalized spacial score (nSPS) is 12.3. The Balaban J connectivity index is 2.36. The van der Waals surface area contributed by atoms with E-state index in [-0.39, 0.29) is 11.7 Å². The van der Waals surface area contributed by atoms with Crippen LogP contribution >= 0.6 is 0 Å². The lowest BCUT2D eigenvalue weighted by Crippen LogP contribution is -2.38. The summed E-state index contributed by atoms with van der Waals surface area (Å²) in [4.78, 5) is 14.1. The highest BCUT2D eigenvalue weighted by Gasteiger charge is 2.16. The van der Waals surface area contributed by atoms with Gasteiger partial charge in [0.15, 0.2) is 17.7 Å². The molecule has 0 spiro atoms. The number of carbonyl (C=O) groups is 1. The lowest BCUT2D eigenvalue weighted by molar-refractivity contribution is -0.127. The van der Waals surface area contributed by atoms with Crippen molar-refractivity contribution in [3.63, 3.8) is 0 Å². The van der Waals surface area contributed by atoms with Crippen molar-refractivity contribution in [1.82, 2.24) is 10.2 Å². The van der Waals surface area contributed by atoms with Crippen LogP contribution < -0.4 is 10.1 Å². The Morgan fingerprint density at radius 3 is 2.59 bits per heavy atom. The topological polar surface area (TPSA) is 41.6 Å². The molecule has 22 heavy (non-hydrogen) atoms. The van der Waals surface area contributed by atoms with Crippen LogP contribution in [0.15, 0.2) is 18.2 Å². The number of benzene rings is 1. The van der Waals surface area contributed by atoms with Crippen LogP contribution in [0.25, 0.3) is 0 Å². The molecule has 1 aromatic rings. The predicted octanol–water partition coefficient (Wildman–Crippen LogP) is 2.58. The van der Waals surface area contributed by atoms with Gasteiger partial charge in [-0.15, -0.1) is 0 Å². The van der Waals surface area contributed by atoms with Gasteiger partial charge < -0.3 is 15.0 Å². The average molecular weight is 314 g/mol. The Kier molecular flexibility index (Phi) is 7.80. The summed E-state index contributed by atoms with van der Waals surface area (Å²) in [7, 11) is 0. The quantitative estimate of drug-likeness (QED) is 0.712. The second-order valence-corrected chi connectivity index (χ2v) is 5.01. The zero-order valence-corrected chi connectivity index (χ0v) is 13.4. The fourth-order valence-electron chi connectivity index (χ4n) is 2.01. The highest BCUT2D eigenvalue weighted by atomic mass is 19.1. The summed E-state index contributed by atoms with van der Waals surface area (Å²) in [5.74, 6) is -1.95. The van der Waals surface area contributed by atoms with Crippen molar-refractivity contribution in [2.45, 2.75) is 33.3 Å². The number of carbonyl (C=O) groups excluding carboxylic acids is 1. The molecule has 0 fully saturated rings. The van der Waals surface area contributed by atoms with Crippen LogP contribution in [0.1, 0.15) is 27.2 Å². The highest BCUT2D eigenvalue weighted by Crippen LogP contribution is 2.18. The van der Waals surface area contributed by atoms with Crippen LogP contribution in [0, 0.1) is 11.6 Å². The van der Waals surface area contributed by atoms with Gasteiger partial charge in [0, 0.05) is 12.6 Å². The van der Waals surface area contributed by atoms with Crippen molar-refractivity contribution in [3.05, 3.63) is 29.8 Å². The van der Waals surface area contributed by atoms with E-state index in [1.54, 1.807) is 0 Å². The Hall–Kier alpha value is -1.69. The largest absolute Gasteiger partial charge is 0.478 e. The zero-order chi connectivity index (χ0) is 16.5. The van der Waals surface area contributed by atoms with Crippen molar-refractivity contribution >= 4 is 5.91 Å². The van der Waals surface area contributed by atoms with Gasteiger partial charge in [-0.25, -0.2) is 8.78 Å². The van der Waals surface area contributed by atoms with Gasteiger partial charge in [-0.1, -0.05) is 13.8 Å². The van der Waals surface area contributed by atoms with Crippen LogP contribution in [-0.2, 0) is 4.79 Å². The fourth-order valence-corrected chi connectivity index (χ4v) is 2.01. The summed E-state index contributed by atoms with van der Waals surface area (Å²) in [6.07, 6.45) is -0.00109. The number of nitrogens with one attached hydrogen (secondary N) is 1. The van der Waals surface area contributed by atoms with Gasteiger partial charge in [0.2, 0.25) is 0 Å². The molecule has 1 atom stereocenters. The molecule has 1 unspecified atom stereocenters. The molecular formula is C16H24F2N2O2. The summed E-state index contributed by atoms with van der Waals surface area (Å²) in [6.45, 7) is 9.12. The standard InChI is InChI=1S/C16H24F2N2O2/c1-4-20(5-2)10-6-9-19-16(21)12(3)22-15-8-7-13(17)11-14(15)18/h7-8,11-12H,4-6,9-10H2,1-3H3,(H,19,21). The van der Waals surface area contributed by atoms with Crippen LogP contribution in [-0.4, -0.2) is 43.1 Å². The summed E-state index contributed by atoms with van der Waals surface area (Å²) in [6, 6.07) is 2.99. The summed E-state index contributed by atoms with van der Waals surface area (Å²) in [5.41, 5.74) is 0. The van der Waals surface area contributed by atoms with Crippen LogP contribution in [0.3, 0.4) is 0 Å². The molecule has 0 saturated carbocycles. The first-order valence-electron chi connectivity index (χ1n) is 7.59. The monoisotopic (exact) mass is 314 g/mol. The smallest absolute Gasteiger partial charge is 0.260 e. The molecule has 124 valence electrons. The van der Waals surface area contributed by atoms with Crippen molar-refractivity contribution < 1.29 is 18.3 Å². The van der Waals surface area contributed by atoms with E-state index >= 15 is 0 Å². The highest BCUT2D eigenvalue weighted by molar-refractivity contribution is 5.80. The third kappa shape index (κ3) is 5.97. The summed E-state index contributed by atoms with van der Waals surface area (Å²) < 4.78 is 31.5. The molecule has 0 aliphatic carbocycles. The van der Waals surface area contributed by atoms with E-state index in [4.69, 9.17) is 4.74 Å². The molecule has 1 aromatic carbocycles. The van der Waals surface area contributed by atoms with Gasteiger partial charge in [-0.3, -0.25) is 4.79 Å². The van der Waals surface area contributed by atoms with Crippen molar-refractivity contribution in [1.29, 1.82) is 0 Å². The minimum atomic E-state index is -0.839. The van der Waals surface area contributed by atoms with Crippen molar-refractivity contribution in [3.8, 4) is 5.75 Å². The number of amides is 1. The Morgan fingerprint density at radius 1 is 1.32 bits per heavy atom. The van der Waals surface area contributed by atoms with E-state index in [0.717, 1.165) is 38.2 Å². The molecule has 1 amide bonds. The maximum Gasteiger partial charge on any atom is 0.260 e. The molecule has 6 heteroatoms. The number of hydrogen-bond acceptors (Lipinski definition) is 3. The SMILES string of the molecule is CCN(CC)CCCNC(=O)C(C)Oc1ccc(F)cc1F. The van der Waals surface area contributed by atoms with Gasteiger partial charge >= 0.3 is 0 Å². The van der Waals surface area contributed by atoms with E-state index < -0.39 is 17.7 Å². The molecule has 0 heterocycles. The molecule has 0 saturated heterocycles. The number of nitrogens with zero attached hydrogens (tertiary/aromatic N) is 1. The van der Waals surface area contributed by atoms with Crippen LogP contribution in [0.5, 0.6) is 5.75 Å². The van der Waals surface area contributed by atoms with E-state index in [1.165, 1.54) is 13.0 Å². The molecule has 0 aliphatic rings. The first kappa shape index (κ1) is 18.4. The Bertz CT molecular complexity index is 479. The predicted molar refractivity (Wildman–Crippen MR) is 81.9 cm³/mol. The molecule has 1 rings (SSSR count). The van der Waals surface area contributed by atoms with Crippen LogP contribution in [0.4, 0.5) is 8.78 Å². The van der Waals surface area contributed by atoms with Crippen LogP contribution in [0.2, 0.25) is 0 Å². The third-order valence-corrected chi connectivity index (χ3v) is 3.41. The lowest BCUT2D eigenvalue weighted by Gasteiger charge is -2.18. The maximum atomic E-state index is 13.4. The van der Waals surface area contributed by atoms with E-state index in [1.807, 2.05) is 0 Å². The lowest BCUT2D eigenvalue weighted by atomic mass is 10.3. The molecular weight excluding hydrogens is 290 g/mol. The van der Waals surface area contributed by atoms with Gasteiger partial charge in [-0.2, -0.15) is 0 Å². The molecule has 1 N–H and O–H groups in total.